The van der Waals surface area contributed by atoms with Crippen molar-refractivity contribution in [2.45, 2.75) is 269 Å². The SMILES string of the molecule is CCCCC/C=C/CC/C=C/C(O)C(COC1OC(CO)C(O)C(O)C1O)NC(=O)CCCCCCC/C=C\CCCCCCCCCOC(=O)CCCCCCCCCCCCC. The predicted molar refractivity (Wildman–Crippen MR) is 260 cm³/mol. The zero-order chi connectivity index (χ0) is 46.7. The van der Waals surface area contributed by atoms with Crippen LogP contribution in [0.15, 0.2) is 36.5 Å². The summed E-state index contributed by atoms with van der Waals surface area (Å²) in [6.07, 6.45) is 41.0. The van der Waals surface area contributed by atoms with Crippen molar-refractivity contribution in [3.63, 3.8) is 0 Å². The second-order valence-corrected chi connectivity index (χ2v) is 18.2. The Hall–Kier alpha value is -2.12. The summed E-state index contributed by atoms with van der Waals surface area (Å²) in [6, 6.07) is -0.838. The number of amides is 1. The summed E-state index contributed by atoms with van der Waals surface area (Å²) in [7, 11) is 0. The molecule has 6 N–H and O–H groups in total. The second-order valence-electron chi connectivity index (χ2n) is 18.2. The van der Waals surface area contributed by atoms with E-state index in [0.29, 0.717) is 19.4 Å². The molecular formula is C53H97NO10. The molecule has 1 aliphatic heterocycles. The third-order valence-corrected chi connectivity index (χ3v) is 12.2. The summed E-state index contributed by atoms with van der Waals surface area (Å²) in [5.41, 5.74) is 0. The van der Waals surface area contributed by atoms with Gasteiger partial charge < -0.3 is 45.1 Å². The van der Waals surface area contributed by atoms with Crippen LogP contribution in [0.3, 0.4) is 0 Å². The fraction of sp³-hybridized carbons (Fsp3) is 0.849. The molecule has 0 aromatic heterocycles. The van der Waals surface area contributed by atoms with E-state index >= 15 is 0 Å². The van der Waals surface area contributed by atoms with E-state index in [0.717, 1.165) is 89.9 Å². The van der Waals surface area contributed by atoms with Crippen LogP contribution >= 0.6 is 0 Å². The molecule has 1 rings (SSSR count). The normalized spacial score (nSPS) is 20.1. The first-order valence-electron chi connectivity index (χ1n) is 26.3. The number of nitrogens with one attached hydrogen (secondary N) is 1. The van der Waals surface area contributed by atoms with Gasteiger partial charge in [-0.2, -0.15) is 0 Å². The van der Waals surface area contributed by atoms with Crippen molar-refractivity contribution in [2.75, 3.05) is 19.8 Å². The smallest absolute Gasteiger partial charge is 0.305 e. The number of carbonyl (C=O) groups is 2. The van der Waals surface area contributed by atoms with Crippen molar-refractivity contribution in [1.82, 2.24) is 5.32 Å². The van der Waals surface area contributed by atoms with E-state index in [1.807, 2.05) is 6.08 Å². The minimum atomic E-state index is -1.58. The zero-order valence-corrected chi connectivity index (χ0v) is 40.7. The lowest BCUT2D eigenvalue weighted by Gasteiger charge is -2.40. The van der Waals surface area contributed by atoms with Gasteiger partial charge in [0.25, 0.3) is 0 Å². The van der Waals surface area contributed by atoms with E-state index in [9.17, 15) is 35.1 Å². The molecule has 0 saturated carbocycles. The highest BCUT2D eigenvalue weighted by molar-refractivity contribution is 5.76. The van der Waals surface area contributed by atoms with Crippen LogP contribution in [0.5, 0.6) is 0 Å². The monoisotopic (exact) mass is 908 g/mol. The molecule has 0 radical (unpaired) electrons. The van der Waals surface area contributed by atoms with Crippen LogP contribution in [0.25, 0.3) is 0 Å². The fourth-order valence-corrected chi connectivity index (χ4v) is 7.97. The van der Waals surface area contributed by atoms with Gasteiger partial charge in [-0.15, -0.1) is 0 Å². The lowest BCUT2D eigenvalue weighted by molar-refractivity contribution is -0.302. The lowest BCUT2D eigenvalue weighted by Crippen LogP contribution is -2.60. The molecule has 1 fully saturated rings. The van der Waals surface area contributed by atoms with E-state index < -0.39 is 49.5 Å². The Morgan fingerprint density at radius 1 is 0.562 bits per heavy atom. The van der Waals surface area contributed by atoms with Crippen molar-refractivity contribution in [1.29, 1.82) is 0 Å². The summed E-state index contributed by atoms with van der Waals surface area (Å²) < 4.78 is 16.6. The highest BCUT2D eigenvalue weighted by Gasteiger charge is 2.44. The van der Waals surface area contributed by atoms with Gasteiger partial charge in [-0.1, -0.05) is 179 Å². The molecule has 64 heavy (non-hydrogen) atoms. The van der Waals surface area contributed by atoms with Crippen LogP contribution < -0.4 is 5.32 Å². The summed E-state index contributed by atoms with van der Waals surface area (Å²) in [5.74, 6) is -0.235. The fourth-order valence-electron chi connectivity index (χ4n) is 7.97. The van der Waals surface area contributed by atoms with Gasteiger partial charge in [0.15, 0.2) is 6.29 Å². The van der Waals surface area contributed by atoms with E-state index in [1.54, 1.807) is 6.08 Å². The van der Waals surface area contributed by atoms with E-state index in [4.69, 9.17) is 14.2 Å². The van der Waals surface area contributed by atoms with Crippen LogP contribution in [0.4, 0.5) is 0 Å². The third kappa shape index (κ3) is 33.4. The van der Waals surface area contributed by atoms with Gasteiger partial charge in [-0.05, 0) is 70.6 Å². The number of aliphatic hydroxyl groups is 5. The molecule has 1 amide bonds. The highest BCUT2D eigenvalue weighted by Crippen LogP contribution is 2.23. The Bertz CT molecular complexity index is 1160. The number of ether oxygens (including phenoxy) is 3. The molecule has 0 aromatic rings. The molecule has 1 saturated heterocycles. The van der Waals surface area contributed by atoms with Crippen LogP contribution in [0, 0.1) is 0 Å². The number of esters is 1. The summed E-state index contributed by atoms with van der Waals surface area (Å²) in [6.45, 7) is 4.22. The van der Waals surface area contributed by atoms with Crippen molar-refractivity contribution in [3.8, 4) is 0 Å². The maximum atomic E-state index is 12.9. The predicted octanol–water partition coefficient (Wildman–Crippen LogP) is 10.8. The van der Waals surface area contributed by atoms with Crippen LogP contribution in [-0.4, -0.2) is 100 Å². The Morgan fingerprint density at radius 3 is 1.58 bits per heavy atom. The first-order chi connectivity index (χ1) is 31.2. The number of rotatable bonds is 44. The van der Waals surface area contributed by atoms with Gasteiger partial charge in [0.05, 0.1) is 32.0 Å². The Kier molecular flexibility index (Phi) is 40.7. The van der Waals surface area contributed by atoms with Crippen LogP contribution in [-0.2, 0) is 23.8 Å². The van der Waals surface area contributed by atoms with Gasteiger partial charge in [0, 0.05) is 12.8 Å². The first-order valence-corrected chi connectivity index (χ1v) is 26.3. The Labute approximate surface area is 390 Å². The van der Waals surface area contributed by atoms with Crippen LogP contribution in [0.1, 0.15) is 226 Å². The maximum Gasteiger partial charge on any atom is 0.305 e. The molecule has 11 nitrogen and oxygen atoms in total. The van der Waals surface area contributed by atoms with Gasteiger partial charge in [0.2, 0.25) is 5.91 Å². The van der Waals surface area contributed by atoms with Gasteiger partial charge in [-0.3, -0.25) is 9.59 Å². The summed E-state index contributed by atoms with van der Waals surface area (Å²) in [4.78, 5) is 24.9. The zero-order valence-electron chi connectivity index (χ0n) is 40.7. The molecule has 1 heterocycles. The average molecular weight is 908 g/mol. The van der Waals surface area contributed by atoms with Crippen LogP contribution in [0.2, 0.25) is 0 Å². The number of allylic oxidation sites excluding steroid dienone is 5. The van der Waals surface area contributed by atoms with Crippen molar-refractivity contribution < 1.29 is 49.3 Å². The van der Waals surface area contributed by atoms with Gasteiger partial charge in [0.1, 0.15) is 24.4 Å². The molecule has 0 bridgehead atoms. The molecule has 0 aromatic carbocycles. The van der Waals surface area contributed by atoms with Gasteiger partial charge in [-0.25, -0.2) is 0 Å². The van der Waals surface area contributed by atoms with Crippen molar-refractivity contribution in [3.05, 3.63) is 36.5 Å². The molecule has 0 aliphatic carbocycles. The third-order valence-electron chi connectivity index (χ3n) is 12.2. The molecule has 7 unspecified atom stereocenters. The molecule has 7 atom stereocenters. The molecule has 374 valence electrons. The standard InChI is InChI=1S/C53H97NO10/c1-3-5-7-9-11-13-20-25-29-33-37-41-49(58)62-42-38-34-30-26-22-19-17-15-14-16-18-21-24-28-32-36-40-48(57)54-45(46(56)39-35-31-27-23-12-10-8-6-4-2)44-63-53-52(61)51(60)50(59)47(43-55)64-53/h12,14,16,23,35,39,45-47,50-53,55-56,59-61H,3-11,13,15,17-22,24-34,36-38,40-44H2,1-2H3,(H,54,57)/b16-14-,23-12+,39-35+. The average Bonchev–Trinajstić information content (AvgIpc) is 3.29. The first kappa shape index (κ1) is 59.9. The minimum Gasteiger partial charge on any atom is -0.466 e. The summed E-state index contributed by atoms with van der Waals surface area (Å²) >= 11 is 0. The highest BCUT2D eigenvalue weighted by atomic mass is 16.7. The number of hydrogen-bond acceptors (Lipinski definition) is 10. The number of unbranched alkanes of at least 4 members (excludes halogenated alkanes) is 26. The van der Waals surface area contributed by atoms with E-state index in [-0.39, 0.29) is 18.5 Å². The maximum absolute atomic E-state index is 12.9. The number of aliphatic hydroxyl groups excluding tert-OH is 5. The van der Waals surface area contributed by atoms with E-state index in [1.165, 1.54) is 109 Å². The van der Waals surface area contributed by atoms with E-state index in [2.05, 4.69) is 43.5 Å². The largest absolute Gasteiger partial charge is 0.466 e. The van der Waals surface area contributed by atoms with Crippen molar-refractivity contribution in [2.24, 2.45) is 0 Å². The number of carbonyl (C=O) groups excluding carboxylic acids is 2. The number of hydrogen-bond donors (Lipinski definition) is 6. The Morgan fingerprint density at radius 2 is 1.02 bits per heavy atom. The topological polar surface area (TPSA) is 175 Å². The molecule has 11 heteroatoms. The van der Waals surface area contributed by atoms with Crippen molar-refractivity contribution >= 4 is 11.9 Å². The molecule has 0 spiro atoms. The lowest BCUT2D eigenvalue weighted by atomic mass is 9.99. The summed E-state index contributed by atoms with van der Waals surface area (Å²) in [5, 5.41) is 54.0. The second kappa shape index (κ2) is 43.5. The quantitative estimate of drug-likeness (QED) is 0.0196. The minimum absolute atomic E-state index is 0.0228. The molecular weight excluding hydrogens is 811 g/mol. The van der Waals surface area contributed by atoms with Gasteiger partial charge >= 0.3 is 5.97 Å². The Balaban J connectivity index is 2.13. The molecule has 1 aliphatic rings.